The first kappa shape index (κ1) is 20.8. The molecule has 1 amide bonds. The van der Waals surface area contributed by atoms with Crippen LogP contribution < -0.4 is 10.6 Å². The van der Waals surface area contributed by atoms with Crippen molar-refractivity contribution in [2.24, 2.45) is 0 Å². The molecular formula is C24H22FN3O2S. The average Bonchev–Trinajstić information content (AvgIpc) is 3.43. The lowest BCUT2D eigenvalue weighted by molar-refractivity contribution is 0.0997. The summed E-state index contributed by atoms with van der Waals surface area (Å²) >= 11 is 1.47. The molecule has 0 bridgehead atoms. The van der Waals surface area contributed by atoms with Gasteiger partial charge in [-0.15, -0.1) is 11.3 Å². The molecule has 0 spiro atoms. The van der Waals surface area contributed by atoms with E-state index in [0.29, 0.717) is 16.4 Å². The summed E-state index contributed by atoms with van der Waals surface area (Å²) in [5.41, 5.74) is 2.10. The van der Waals surface area contributed by atoms with E-state index in [1.165, 1.54) is 23.7 Å². The van der Waals surface area contributed by atoms with Crippen molar-refractivity contribution in [3.05, 3.63) is 100 Å². The second kappa shape index (κ2) is 9.14. The largest absolute Gasteiger partial charge is 0.459 e. The van der Waals surface area contributed by atoms with Crippen molar-refractivity contribution in [3.63, 3.8) is 0 Å². The third-order valence-corrected chi connectivity index (χ3v) is 6.05. The smallest absolute Gasteiger partial charge is 0.291 e. The van der Waals surface area contributed by atoms with Crippen LogP contribution in [0.15, 0.2) is 71.3 Å². The van der Waals surface area contributed by atoms with Gasteiger partial charge in [-0.05, 0) is 49.7 Å². The zero-order chi connectivity index (χ0) is 21.8. The van der Waals surface area contributed by atoms with Crippen LogP contribution in [0.2, 0.25) is 0 Å². The number of hydrogen-bond donors (Lipinski definition) is 2. The maximum absolute atomic E-state index is 14.9. The number of aromatic nitrogens is 1. The van der Waals surface area contributed by atoms with Crippen LogP contribution in [-0.2, 0) is 6.42 Å². The fraction of sp³-hybridized carbons (Fsp3) is 0.167. The number of thiophene rings is 1. The standard InChI is InChI=1S/C24H22FN3O2S/c1-3-16-14-18(24(31-16)28-23(29)20-11-7-13-30-20)22(17-9-4-5-10-19(17)25)27-21-12-6-8-15(2)26-21/h4-14,22H,3H2,1-2H3,(H,26,27)(H,28,29)/t22-/m0/s1. The lowest BCUT2D eigenvalue weighted by Gasteiger charge is -2.21. The third kappa shape index (κ3) is 4.67. The van der Waals surface area contributed by atoms with Gasteiger partial charge in [-0.2, -0.15) is 0 Å². The molecule has 4 rings (SSSR count). The van der Waals surface area contributed by atoms with Crippen molar-refractivity contribution in [2.75, 3.05) is 10.6 Å². The lowest BCUT2D eigenvalue weighted by Crippen LogP contribution is -2.18. The fourth-order valence-electron chi connectivity index (χ4n) is 3.32. The Morgan fingerprint density at radius 3 is 2.68 bits per heavy atom. The van der Waals surface area contributed by atoms with Crippen molar-refractivity contribution in [2.45, 2.75) is 26.3 Å². The summed E-state index contributed by atoms with van der Waals surface area (Å²) < 4.78 is 20.1. The number of benzene rings is 1. The Labute approximate surface area is 184 Å². The normalized spacial score (nSPS) is 11.8. The molecule has 0 aliphatic carbocycles. The first-order valence-corrected chi connectivity index (χ1v) is 10.8. The molecule has 1 aromatic carbocycles. The van der Waals surface area contributed by atoms with Gasteiger partial charge in [0.25, 0.3) is 5.91 Å². The Morgan fingerprint density at radius 1 is 1.13 bits per heavy atom. The lowest BCUT2D eigenvalue weighted by atomic mass is 9.99. The quantitative estimate of drug-likeness (QED) is 0.363. The minimum atomic E-state index is -0.543. The topological polar surface area (TPSA) is 67.2 Å². The van der Waals surface area contributed by atoms with E-state index in [4.69, 9.17) is 4.42 Å². The van der Waals surface area contributed by atoms with E-state index in [1.54, 1.807) is 30.3 Å². The van der Waals surface area contributed by atoms with Crippen LogP contribution in [0.25, 0.3) is 0 Å². The number of rotatable bonds is 7. The van der Waals surface area contributed by atoms with E-state index in [0.717, 1.165) is 22.6 Å². The van der Waals surface area contributed by atoms with Gasteiger partial charge in [0.05, 0.1) is 12.3 Å². The highest BCUT2D eigenvalue weighted by Gasteiger charge is 2.25. The number of halogens is 1. The van der Waals surface area contributed by atoms with Gasteiger partial charge in [0, 0.05) is 21.7 Å². The first-order valence-electron chi connectivity index (χ1n) is 9.97. The Bertz CT molecular complexity index is 1190. The molecule has 4 aromatic rings. The molecular weight excluding hydrogens is 413 g/mol. The average molecular weight is 436 g/mol. The predicted molar refractivity (Wildman–Crippen MR) is 121 cm³/mol. The monoisotopic (exact) mass is 435 g/mol. The SMILES string of the molecule is CCc1cc([C@@H](Nc2cccc(C)n2)c2ccccc2F)c(NC(=O)c2ccco2)s1. The fourth-order valence-corrected chi connectivity index (χ4v) is 4.35. The number of pyridine rings is 1. The van der Waals surface area contributed by atoms with Crippen LogP contribution in [-0.4, -0.2) is 10.9 Å². The van der Waals surface area contributed by atoms with Crippen molar-refractivity contribution in [1.29, 1.82) is 0 Å². The maximum Gasteiger partial charge on any atom is 0.291 e. The van der Waals surface area contributed by atoms with Crippen LogP contribution in [0, 0.1) is 12.7 Å². The Kier molecular flexibility index (Phi) is 6.13. The van der Waals surface area contributed by atoms with E-state index < -0.39 is 6.04 Å². The number of carbonyl (C=O) groups excluding carboxylic acids is 1. The summed E-state index contributed by atoms with van der Waals surface area (Å²) in [5, 5.41) is 6.94. The highest BCUT2D eigenvalue weighted by atomic mass is 32.1. The molecule has 3 aromatic heterocycles. The second-order valence-corrected chi connectivity index (χ2v) is 8.18. The van der Waals surface area contributed by atoms with Crippen LogP contribution >= 0.6 is 11.3 Å². The Morgan fingerprint density at radius 2 is 1.97 bits per heavy atom. The van der Waals surface area contributed by atoms with Crippen molar-refractivity contribution < 1.29 is 13.6 Å². The van der Waals surface area contributed by atoms with Crippen molar-refractivity contribution in [1.82, 2.24) is 4.98 Å². The zero-order valence-corrected chi connectivity index (χ0v) is 18.0. The molecule has 3 heterocycles. The van der Waals surface area contributed by atoms with Gasteiger partial charge in [0.15, 0.2) is 5.76 Å². The molecule has 1 atom stereocenters. The van der Waals surface area contributed by atoms with E-state index >= 15 is 0 Å². The summed E-state index contributed by atoms with van der Waals surface area (Å²) in [4.78, 5) is 18.2. The van der Waals surface area contributed by atoms with Gasteiger partial charge in [0.2, 0.25) is 0 Å². The molecule has 0 saturated heterocycles. The number of anilines is 2. The van der Waals surface area contributed by atoms with E-state index in [-0.39, 0.29) is 17.5 Å². The Hall–Kier alpha value is -3.45. The summed E-state index contributed by atoms with van der Waals surface area (Å²) in [6.07, 6.45) is 2.25. The number of furan rings is 1. The highest BCUT2D eigenvalue weighted by molar-refractivity contribution is 7.16. The summed E-state index contributed by atoms with van der Waals surface area (Å²) in [6, 6.07) is 17.0. The molecule has 158 valence electrons. The van der Waals surface area contributed by atoms with Gasteiger partial charge in [-0.3, -0.25) is 4.79 Å². The minimum Gasteiger partial charge on any atom is -0.459 e. The summed E-state index contributed by atoms with van der Waals surface area (Å²) in [5.74, 6) is 0.158. The summed E-state index contributed by atoms with van der Waals surface area (Å²) in [7, 11) is 0. The summed E-state index contributed by atoms with van der Waals surface area (Å²) in [6.45, 7) is 3.94. The minimum absolute atomic E-state index is 0.216. The molecule has 2 N–H and O–H groups in total. The molecule has 0 aliphatic rings. The Balaban J connectivity index is 1.78. The first-order chi connectivity index (χ1) is 15.0. The zero-order valence-electron chi connectivity index (χ0n) is 17.2. The molecule has 0 radical (unpaired) electrons. The van der Waals surface area contributed by atoms with Crippen molar-refractivity contribution >= 4 is 28.1 Å². The van der Waals surface area contributed by atoms with E-state index in [9.17, 15) is 9.18 Å². The molecule has 0 aliphatic heterocycles. The number of carbonyl (C=O) groups is 1. The molecule has 0 saturated carbocycles. The van der Waals surface area contributed by atoms with Crippen LogP contribution in [0.3, 0.4) is 0 Å². The number of aryl methyl sites for hydroxylation is 2. The molecule has 0 unspecified atom stereocenters. The number of hydrogen-bond acceptors (Lipinski definition) is 5. The number of nitrogens with zero attached hydrogens (tertiary/aromatic N) is 1. The van der Waals surface area contributed by atoms with Crippen LogP contribution in [0.4, 0.5) is 15.2 Å². The van der Waals surface area contributed by atoms with Gasteiger partial charge >= 0.3 is 0 Å². The van der Waals surface area contributed by atoms with Crippen molar-refractivity contribution in [3.8, 4) is 0 Å². The van der Waals surface area contributed by atoms with Gasteiger partial charge in [-0.25, -0.2) is 9.37 Å². The van der Waals surface area contributed by atoms with Gasteiger partial charge in [-0.1, -0.05) is 31.2 Å². The maximum atomic E-state index is 14.9. The van der Waals surface area contributed by atoms with Gasteiger partial charge in [0.1, 0.15) is 16.6 Å². The molecule has 5 nitrogen and oxygen atoms in total. The predicted octanol–water partition coefficient (Wildman–Crippen LogP) is 6.20. The molecule has 31 heavy (non-hydrogen) atoms. The number of nitrogens with one attached hydrogen (secondary N) is 2. The third-order valence-electron chi connectivity index (χ3n) is 4.84. The van der Waals surface area contributed by atoms with E-state index in [2.05, 4.69) is 15.6 Å². The van der Waals surface area contributed by atoms with Gasteiger partial charge < -0.3 is 15.1 Å². The second-order valence-electron chi connectivity index (χ2n) is 7.05. The highest BCUT2D eigenvalue weighted by Crippen LogP contribution is 2.38. The molecule has 0 fully saturated rings. The van der Waals surface area contributed by atoms with Crippen LogP contribution in [0.5, 0.6) is 0 Å². The molecule has 7 heteroatoms. The number of amides is 1. The van der Waals surface area contributed by atoms with E-state index in [1.807, 2.05) is 38.1 Å². The van der Waals surface area contributed by atoms with Crippen LogP contribution in [0.1, 0.15) is 45.2 Å².